The Kier molecular flexibility index (Phi) is 5.93. The molecule has 2 N–H and O–H groups in total. The number of halogens is 2. The number of rotatable bonds is 5. The maximum Gasteiger partial charge on any atom is 0.290 e. The van der Waals surface area contributed by atoms with Crippen LogP contribution in [0.4, 0.5) is 8.78 Å². The van der Waals surface area contributed by atoms with Crippen molar-refractivity contribution in [2.24, 2.45) is 5.92 Å². The molecule has 0 aromatic carbocycles. The fourth-order valence-corrected chi connectivity index (χ4v) is 3.10. The van der Waals surface area contributed by atoms with Crippen LogP contribution in [0.2, 0.25) is 0 Å². The number of nitrogens with one attached hydrogen (secondary N) is 1. The van der Waals surface area contributed by atoms with Crippen LogP contribution in [0.3, 0.4) is 0 Å². The smallest absolute Gasteiger partial charge is 0.290 e. The Morgan fingerprint density at radius 2 is 2.33 bits per heavy atom. The van der Waals surface area contributed by atoms with Gasteiger partial charge in [-0.1, -0.05) is 6.42 Å². The summed E-state index contributed by atoms with van der Waals surface area (Å²) in [6.07, 6.45) is 4.47. The minimum atomic E-state index is -2.61. The van der Waals surface area contributed by atoms with Gasteiger partial charge in [0.25, 0.3) is 11.7 Å². The first-order chi connectivity index (χ1) is 10.1. The number of carbonyl (C=O) groups excluding carboxylic acids is 1. The summed E-state index contributed by atoms with van der Waals surface area (Å²) in [6.45, 7) is 0.448. The van der Waals surface area contributed by atoms with E-state index in [1.165, 1.54) is 12.3 Å². The summed E-state index contributed by atoms with van der Waals surface area (Å²) in [6, 6.07) is 3.04. The van der Waals surface area contributed by atoms with E-state index in [1.807, 2.05) is 0 Å². The van der Waals surface area contributed by atoms with Gasteiger partial charge in [-0.25, -0.2) is 4.98 Å². The third-order valence-electron chi connectivity index (χ3n) is 3.52. The molecule has 21 heavy (non-hydrogen) atoms. The molecule has 2 unspecified atom stereocenters. The zero-order valence-corrected chi connectivity index (χ0v) is 12.3. The Balaban J connectivity index is 1.94. The average Bonchev–Trinajstić information content (AvgIpc) is 2.45. The Morgan fingerprint density at radius 3 is 3.05 bits per heavy atom. The maximum absolute atomic E-state index is 12.4. The summed E-state index contributed by atoms with van der Waals surface area (Å²) in [5.41, 5.74) is 0.166. The molecule has 116 valence electrons. The summed E-state index contributed by atoms with van der Waals surface area (Å²) in [4.78, 5) is 15.9. The van der Waals surface area contributed by atoms with Crippen molar-refractivity contribution < 1.29 is 18.7 Å². The van der Waals surface area contributed by atoms with Crippen LogP contribution < -0.4 is 5.32 Å². The Morgan fingerprint density at radius 1 is 1.52 bits per heavy atom. The van der Waals surface area contributed by atoms with Gasteiger partial charge in [-0.15, -0.1) is 0 Å². The van der Waals surface area contributed by atoms with Crippen LogP contribution in [0.15, 0.2) is 23.4 Å². The lowest BCUT2D eigenvalue weighted by Crippen LogP contribution is -2.33. The molecular formula is C14H18F2N2O2S. The van der Waals surface area contributed by atoms with E-state index < -0.39 is 11.7 Å². The lowest BCUT2D eigenvalue weighted by Gasteiger charge is -2.25. The molecule has 4 nitrogen and oxygen atoms in total. The van der Waals surface area contributed by atoms with Gasteiger partial charge < -0.3 is 10.4 Å². The molecule has 1 saturated carbocycles. The molecule has 2 atom stereocenters. The molecule has 7 heteroatoms. The fourth-order valence-electron chi connectivity index (χ4n) is 2.52. The van der Waals surface area contributed by atoms with E-state index in [0.717, 1.165) is 19.3 Å². The summed E-state index contributed by atoms with van der Waals surface area (Å²) < 4.78 is 24.9. The Labute approximate surface area is 126 Å². The Bertz CT molecular complexity index is 488. The zero-order valence-electron chi connectivity index (χ0n) is 11.5. The fraction of sp³-hybridized carbons (Fsp3) is 0.571. The number of aromatic nitrogens is 1. The molecule has 0 aliphatic heterocycles. The van der Waals surface area contributed by atoms with E-state index >= 15 is 0 Å². The van der Waals surface area contributed by atoms with Crippen molar-refractivity contribution in [1.29, 1.82) is 0 Å². The second-order valence-electron chi connectivity index (χ2n) is 5.13. The van der Waals surface area contributed by atoms with Gasteiger partial charge >= 0.3 is 0 Å². The molecule has 0 spiro atoms. The zero-order chi connectivity index (χ0) is 15.2. The number of alkyl halides is 2. The quantitative estimate of drug-likeness (QED) is 0.820. The number of aliphatic hydroxyl groups is 1. The van der Waals surface area contributed by atoms with Crippen molar-refractivity contribution in [3.05, 3.63) is 23.9 Å². The first-order valence-electron chi connectivity index (χ1n) is 6.92. The highest BCUT2D eigenvalue weighted by Crippen LogP contribution is 2.27. The summed E-state index contributed by atoms with van der Waals surface area (Å²) >= 11 is 0.270. The van der Waals surface area contributed by atoms with Gasteiger partial charge in [-0.3, -0.25) is 4.79 Å². The van der Waals surface area contributed by atoms with Gasteiger partial charge in [0.05, 0.1) is 11.7 Å². The predicted octanol–water partition coefficient (Wildman–Crippen LogP) is 2.68. The van der Waals surface area contributed by atoms with E-state index in [4.69, 9.17) is 0 Å². The summed E-state index contributed by atoms with van der Waals surface area (Å²) in [7, 11) is 0. The standard InChI is InChI=1S/C14H18F2N2O2S/c15-14(16)21-13-11(5-2-6-17-13)12(20)18-8-9-3-1-4-10(19)7-9/h2,5-6,9-10,14,19H,1,3-4,7-8H2,(H,18,20). The predicted molar refractivity (Wildman–Crippen MR) is 76.4 cm³/mol. The molecule has 1 aromatic rings. The van der Waals surface area contributed by atoms with E-state index in [-0.39, 0.29) is 34.4 Å². The molecule has 1 fully saturated rings. The van der Waals surface area contributed by atoms with E-state index in [9.17, 15) is 18.7 Å². The number of thioether (sulfide) groups is 1. The highest BCUT2D eigenvalue weighted by Gasteiger charge is 2.22. The number of hydrogen-bond donors (Lipinski definition) is 2. The van der Waals surface area contributed by atoms with Gasteiger partial charge in [-0.2, -0.15) is 8.78 Å². The molecule has 1 aromatic heterocycles. The molecule has 0 radical (unpaired) electrons. The van der Waals surface area contributed by atoms with Crippen LogP contribution in [-0.2, 0) is 0 Å². The number of aliphatic hydroxyl groups excluding tert-OH is 1. The van der Waals surface area contributed by atoms with Gasteiger partial charge in [0, 0.05) is 12.7 Å². The molecule has 2 rings (SSSR count). The van der Waals surface area contributed by atoms with E-state index in [0.29, 0.717) is 13.0 Å². The monoisotopic (exact) mass is 316 g/mol. The van der Waals surface area contributed by atoms with E-state index in [2.05, 4.69) is 10.3 Å². The SMILES string of the molecule is O=C(NCC1CCCC(O)C1)c1cccnc1SC(F)F. The van der Waals surface area contributed by atoms with Gasteiger partial charge in [0.2, 0.25) is 0 Å². The van der Waals surface area contributed by atoms with Crippen molar-refractivity contribution in [1.82, 2.24) is 10.3 Å². The third-order valence-corrected chi connectivity index (χ3v) is 4.25. The molecule has 0 saturated heterocycles. The number of pyridine rings is 1. The number of carbonyl (C=O) groups is 1. The van der Waals surface area contributed by atoms with Crippen molar-refractivity contribution in [2.45, 2.75) is 42.6 Å². The lowest BCUT2D eigenvalue weighted by atomic mass is 9.87. The van der Waals surface area contributed by atoms with Crippen molar-refractivity contribution >= 4 is 17.7 Å². The van der Waals surface area contributed by atoms with Crippen LogP contribution in [0.25, 0.3) is 0 Å². The maximum atomic E-state index is 12.4. The van der Waals surface area contributed by atoms with Gasteiger partial charge in [0.15, 0.2) is 0 Å². The first kappa shape index (κ1) is 16.2. The second-order valence-corrected chi connectivity index (χ2v) is 6.11. The summed E-state index contributed by atoms with van der Waals surface area (Å²) in [5, 5.41) is 12.4. The molecule has 1 aliphatic carbocycles. The number of hydrogen-bond acceptors (Lipinski definition) is 4. The van der Waals surface area contributed by atoms with Crippen LogP contribution in [-0.4, -0.2) is 34.4 Å². The minimum absolute atomic E-state index is 0.0358. The van der Waals surface area contributed by atoms with Gasteiger partial charge in [-0.05, 0) is 49.1 Å². The van der Waals surface area contributed by atoms with Crippen LogP contribution in [0, 0.1) is 5.92 Å². The average molecular weight is 316 g/mol. The number of amides is 1. The molecule has 1 amide bonds. The second kappa shape index (κ2) is 7.70. The molecule has 0 bridgehead atoms. The lowest BCUT2D eigenvalue weighted by molar-refractivity contribution is 0.0871. The van der Waals surface area contributed by atoms with Gasteiger partial charge in [0.1, 0.15) is 5.03 Å². The number of nitrogens with zero attached hydrogens (tertiary/aromatic N) is 1. The molecular weight excluding hydrogens is 298 g/mol. The van der Waals surface area contributed by atoms with Crippen LogP contribution >= 0.6 is 11.8 Å². The first-order valence-corrected chi connectivity index (χ1v) is 7.80. The molecule has 1 heterocycles. The normalized spacial score (nSPS) is 22.3. The third kappa shape index (κ3) is 4.93. The van der Waals surface area contributed by atoms with Crippen molar-refractivity contribution in [3.63, 3.8) is 0 Å². The largest absolute Gasteiger partial charge is 0.393 e. The highest BCUT2D eigenvalue weighted by molar-refractivity contribution is 7.99. The highest BCUT2D eigenvalue weighted by atomic mass is 32.2. The van der Waals surface area contributed by atoms with Crippen LogP contribution in [0.5, 0.6) is 0 Å². The van der Waals surface area contributed by atoms with Crippen LogP contribution in [0.1, 0.15) is 36.0 Å². The van der Waals surface area contributed by atoms with Crippen molar-refractivity contribution in [2.75, 3.05) is 6.54 Å². The van der Waals surface area contributed by atoms with E-state index in [1.54, 1.807) is 6.07 Å². The topological polar surface area (TPSA) is 62.2 Å². The molecule has 1 aliphatic rings. The Hall–Kier alpha value is -1.21. The minimum Gasteiger partial charge on any atom is -0.393 e. The van der Waals surface area contributed by atoms with Crippen molar-refractivity contribution in [3.8, 4) is 0 Å². The summed E-state index contributed by atoms with van der Waals surface area (Å²) in [5.74, 6) is -2.77.